The number of carbonyl (C=O) groups excluding carboxylic acids is 4. The second-order valence-corrected chi connectivity index (χ2v) is 19.9. The van der Waals surface area contributed by atoms with E-state index in [0.29, 0.717) is 25.9 Å². The topological polar surface area (TPSA) is 225 Å². The Morgan fingerprint density at radius 3 is 2.39 bits per heavy atom. The zero-order valence-electron chi connectivity index (χ0n) is 42.4. The van der Waals surface area contributed by atoms with Gasteiger partial charge in [-0.3, -0.25) is 19.4 Å². The van der Waals surface area contributed by atoms with Gasteiger partial charge in [0.2, 0.25) is 5.91 Å². The summed E-state index contributed by atoms with van der Waals surface area (Å²) in [7, 11) is 6.88. The Kier molecular flexibility index (Phi) is 21.3. The number of hydrogen-bond acceptors (Lipinski definition) is 17. The number of β-amino-alcohol motifs (C(OH)–C–C–N with tert-alkyl or cyclic N) is 1. The molecule has 0 bridgehead atoms. The summed E-state index contributed by atoms with van der Waals surface area (Å²) in [6, 6.07) is 9.05. The van der Waals surface area contributed by atoms with Crippen LogP contribution in [0.25, 0.3) is 10.9 Å². The zero-order valence-corrected chi connectivity index (χ0v) is 42.4. The molecule has 0 aliphatic carbocycles. The van der Waals surface area contributed by atoms with Crippen molar-refractivity contribution in [1.29, 1.82) is 0 Å². The lowest BCUT2D eigenvalue weighted by Gasteiger charge is -2.50. The van der Waals surface area contributed by atoms with E-state index in [1.807, 2.05) is 49.3 Å². The maximum absolute atomic E-state index is 14.2. The van der Waals surface area contributed by atoms with E-state index in [-0.39, 0.29) is 56.4 Å². The van der Waals surface area contributed by atoms with Crippen molar-refractivity contribution in [3.63, 3.8) is 0 Å². The number of fused-ring (bicyclic) bond motifs is 1. The predicted octanol–water partition coefficient (Wildman–Crippen LogP) is 3.71. The lowest BCUT2D eigenvalue weighted by molar-refractivity contribution is -0.344. The van der Waals surface area contributed by atoms with Gasteiger partial charge in [-0.25, -0.2) is 0 Å². The number of nitrogens with one attached hydrogen (secondary N) is 1. The third kappa shape index (κ3) is 15.4. The van der Waals surface area contributed by atoms with Gasteiger partial charge in [0.05, 0.1) is 42.4 Å². The van der Waals surface area contributed by atoms with E-state index in [9.17, 15) is 34.5 Å². The fourth-order valence-corrected chi connectivity index (χ4v) is 10.2. The number of ether oxygens (including phenoxy) is 7. The Morgan fingerprint density at radius 2 is 1.72 bits per heavy atom. The van der Waals surface area contributed by atoms with Crippen molar-refractivity contribution in [2.75, 3.05) is 41.3 Å². The van der Waals surface area contributed by atoms with Gasteiger partial charge in [-0.2, -0.15) is 0 Å². The Morgan fingerprint density at radius 1 is 1.01 bits per heavy atom. The van der Waals surface area contributed by atoms with Gasteiger partial charge in [-0.1, -0.05) is 39.0 Å². The van der Waals surface area contributed by atoms with Gasteiger partial charge < -0.3 is 68.4 Å². The van der Waals surface area contributed by atoms with Crippen molar-refractivity contribution in [2.24, 2.45) is 11.8 Å². The molecule has 6 unspecified atom stereocenters. The van der Waals surface area contributed by atoms with Crippen molar-refractivity contribution in [3.05, 3.63) is 42.1 Å². The van der Waals surface area contributed by atoms with Crippen LogP contribution in [0.15, 0.2) is 36.5 Å². The second-order valence-electron chi connectivity index (χ2n) is 19.9. The standard InChI is InChI=1S/C51H80N4O14/c1-11-41(59)66-39-26-40(58)53-36(18-15-16-33-25-34-17-13-14-19-37(34)52-28-33)20-22-55(9)29-38(57)30(3)24-35(21-23-56)47(48(39)63-10)69-50-45(61)44(54(7)8)46(31(4)65-50)68-43-27-51(6,62)49(32(5)64-43)67-42(60)12-2/h13-14,17,19,23,25,28,30-32,35-36,38-39,43-50,57,61-62H,11-12,15-16,18,20-22,24,26-27,29H2,1-10H3,(H,53,58)/t30-,31?,32?,35+,36?,38+,39-,43+,44?,45?,46+,47+,48+,49+,50+,51?/m1/s1. The number of aryl methyl sites for hydroxylation is 1. The van der Waals surface area contributed by atoms with Crippen LogP contribution in [0.2, 0.25) is 0 Å². The first-order chi connectivity index (χ1) is 32.8. The van der Waals surface area contributed by atoms with Crippen LogP contribution in [0.5, 0.6) is 0 Å². The molecule has 2 aromatic rings. The van der Waals surface area contributed by atoms with E-state index >= 15 is 0 Å². The largest absolute Gasteiger partial charge is 0.459 e. The van der Waals surface area contributed by atoms with E-state index in [1.165, 1.54) is 7.11 Å². The number of amides is 1. The molecule has 4 N–H and O–H groups in total. The Hall–Kier alpha value is -3.69. The number of pyridine rings is 1. The molecule has 18 heteroatoms. The summed E-state index contributed by atoms with van der Waals surface area (Å²) in [6.07, 6.45) is -5.85. The number of nitrogens with zero attached hydrogens (tertiary/aromatic N) is 3. The lowest BCUT2D eigenvalue weighted by atomic mass is 9.82. The summed E-state index contributed by atoms with van der Waals surface area (Å²) in [5.41, 5.74) is 0.516. The van der Waals surface area contributed by atoms with Gasteiger partial charge in [0, 0.05) is 57.0 Å². The van der Waals surface area contributed by atoms with Crippen LogP contribution in [-0.2, 0) is 58.8 Å². The van der Waals surface area contributed by atoms with Crippen LogP contribution >= 0.6 is 0 Å². The molecule has 3 saturated heterocycles. The van der Waals surface area contributed by atoms with E-state index in [2.05, 4.69) is 16.4 Å². The van der Waals surface area contributed by atoms with Gasteiger partial charge >= 0.3 is 11.9 Å². The molecule has 4 heterocycles. The number of aliphatic hydroxyl groups is 3. The highest BCUT2D eigenvalue weighted by Crippen LogP contribution is 2.38. The first-order valence-electron chi connectivity index (χ1n) is 24.8. The fourth-order valence-electron chi connectivity index (χ4n) is 10.2. The molecule has 0 saturated carbocycles. The highest BCUT2D eigenvalue weighted by Gasteiger charge is 2.53. The van der Waals surface area contributed by atoms with E-state index in [0.717, 1.165) is 35.6 Å². The zero-order chi connectivity index (χ0) is 50.6. The molecule has 1 amide bonds. The molecular formula is C51H80N4O14. The minimum Gasteiger partial charge on any atom is -0.459 e. The molecule has 0 radical (unpaired) electrons. The first-order valence-corrected chi connectivity index (χ1v) is 24.8. The van der Waals surface area contributed by atoms with Crippen LogP contribution < -0.4 is 5.32 Å². The molecular weight excluding hydrogens is 893 g/mol. The quantitative estimate of drug-likeness (QED) is 0.139. The van der Waals surface area contributed by atoms with Crippen molar-refractivity contribution in [2.45, 2.75) is 191 Å². The minimum absolute atomic E-state index is 0.0109. The normalized spacial score (nSPS) is 35.7. The highest BCUT2D eigenvalue weighted by atomic mass is 16.7. The number of para-hydroxylation sites is 1. The average molecular weight is 973 g/mol. The van der Waals surface area contributed by atoms with E-state index in [1.54, 1.807) is 53.6 Å². The molecule has 0 spiro atoms. The number of carbonyl (C=O) groups is 4. The number of benzene rings is 1. The van der Waals surface area contributed by atoms with Crippen LogP contribution in [0.4, 0.5) is 0 Å². The molecule has 3 aliphatic heterocycles. The summed E-state index contributed by atoms with van der Waals surface area (Å²) in [5.74, 6) is -2.46. The minimum atomic E-state index is -1.50. The SMILES string of the molecule is CCC(=O)O[C@@H]1CC(=O)NC(CCCc2cnc3ccccc3c2)CCN(C)C[C@H](O)[C@H](C)C[C@H](CC=O)[C@H](O[C@@H]2OC(C)[C@H](O[C@H]3CC(C)(O)[C@@H](OC(=O)CC)C(C)O3)C(N(C)C)C2O)[C@H]1OC. The third-order valence-electron chi connectivity index (χ3n) is 14.0. The smallest absolute Gasteiger partial charge is 0.305 e. The number of aromatic nitrogens is 1. The van der Waals surface area contributed by atoms with Gasteiger partial charge in [0.1, 0.15) is 36.3 Å². The number of rotatable bonds is 16. The summed E-state index contributed by atoms with van der Waals surface area (Å²) in [4.78, 5) is 60.6. The van der Waals surface area contributed by atoms with Crippen molar-refractivity contribution in [1.82, 2.24) is 20.1 Å². The van der Waals surface area contributed by atoms with Crippen LogP contribution in [-0.4, -0.2) is 181 Å². The van der Waals surface area contributed by atoms with Crippen LogP contribution in [0.3, 0.4) is 0 Å². The Balaban J connectivity index is 1.42. The molecule has 388 valence electrons. The van der Waals surface area contributed by atoms with Crippen LogP contribution in [0, 0.1) is 11.8 Å². The molecule has 3 fully saturated rings. The summed E-state index contributed by atoms with van der Waals surface area (Å²) < 4.78 is 43.7. The summed E-state index contributed by atoms with van der Waals surface area (Å²) in [6.45, 7) is 11.1. The number of esters is 2. The third-order valence-corrected chi connectivity index (χ3v) is 14.0. The van der Waals surface area contributed by atoms with Crippen molar-refractivity contribution >= 4 is 35.0 Å². The predicted molar refractivity (Wildman–Crippen MR) is 256 cm³/mol. The molecule has 16 atom stereocenters. The summed E-state index contributed by atoms with van der Waals surface area (Å²) >= 11 is 0. The summed E-state index contributed by atoms with van der Waals surface area (Å²) in [5, 5.41) is 39.6. The maximum Gasteiger partial charge on any atom is 0.305 e. The van der Waals surface area contributed by atoms with Gasteiger partial charge in [0.25, 0.3) is 0 Å². The number of methoxy groups -OCH3 is 1. The first kappa shape index (κ1) is 56.2. The van der Waals surface area contributed by atoms with E-state index < -0.39 is 97.0 Å². The molecule has 69 heavy (non-hydrogen) atoms. The van der Waals surface area contributed by atoms with Crippen molar-refractivity contribution < 1.29 is 67.7 Å². The highest BCUT2D eigenvalue weighted by molar-refractivity contribution is 5.79. The number of aldehydes is 1. The fraction of sp³-hybridized carbons (Fsp3) is 0.745. The number of aliphatic hydroxyl groups excluding tert-OH is 2. The second kappa shape index (κ2) is 26.1. The Labute approximate surface area is 408 Å². The number of likely N-dealkylation sites (N-methyl/N-ethyl adjacent to an activating group) is 2. The van der Waals surface area contributed by atoms with Gasteiger partial charge in [-0.15, -0.1) is 0 Å². The molecule has 1 aromatic carbocycles. The average Bonchev–Trinajstić information content (AvgIpc) is 3.29. The lowest BCUT2D eigenvalue weighted by Crippen LogP contribution is -2.66. The van der Waals surface area contributed by atoms with Gasteiger partial charge in [-0.05, 0) is 110 Å². The maximum atomic E-state index is 14.2. The molecule has 1 aromatic heterocycles. The number of hydrogen-bond donors (Lipinski definition) is 4. The Bertz CT molecular complexity index is 1960. The van der Waals surface area contributed by atoms with Gasteiger partial charge in [0.15, 0.2) is 18.7 Å². The van der Waals surface area contributed by atoms with Crippen LogP contribution in [0.1, 0.15) is 105 Å². The molecule has 3 aliphatic rings. The monoisotopic (exact) mass is 973 g/mol. The van der Waals surface area contributed by atoms with Crippen molar-refractivity contribution in [3.8, 4) is 0 Å². The molecule has 5 rings (SSSR count). The molecule has 18 nitrogen and oxygen atoms in total. The van der Waals surface area contributed by atoms with E-state index in [4.69, 9.17) is 33.2 Å².